The first-order valence-corrected chi connectivity index (χ1v) is 9.71. The van der Waals surface area contributed by atoms with Gasteiger partial charge in [0, 0.05) is 16.3 Å². The van der Waals surface area contributed by atoms with Crippen LogP contribution in [-0.2, 0) is 9.59 Å². The Balaban J connectivity index is 1.91. The number of aliphatic hydroxyl groups excluding tert-OH is 1. The molecule has 0 radical (unpaired) electrons. The second kappa shape index (κ2) is 8.08. The van der Waals surface area contributed by atoms with Crippen molar-refractivity contribution in [3.05, 3.63) is 106 Å². The maximum atomic E-state index is 13.0. The van der Waals surface area contributed by atoms with E-state index in [0.717, 1.165) is 0 Å². The molecule has 1 aliphatic rings. The van der Waals surface area contributed by atoms with Crippen LogP contribution in [0.2, 0.25) is 5.02 Å². The van der Waals surface area contributed by atoms with Gasteiger partial charge >= 0.3 is 5.97 Å². The Labute approximate surface area is 182 Å². The lowest BCUT2D eigenvalue weighted by atomic mass is 9.95. The molecule has 0 aromatic heterocycles. The van der Waals surface area contributed by atoms with Crippen LogP contribution < -0.4 is 4.90 Å². The summed E-state index contributed by atoms with van der Waals surface area (Å²) >= 11 is 6.01. The lowest BCUT2D eigenvalue weighted by Crippen LogP contribution is -2.29. The molecule has 1 amide bonds. The monoisotopic (exact) mass is 433 g/mol. The summed E-state index contributed by atoms with van der Waals surface area (Å²) in [6.07, 6.45) is 0. The maximum absolute atomic E-state index is 13.0. The molecule has 0 spiro atoms. The molecule has 1 unspecified atom stereocenters. The van der Waals surface area contributed by atoms with E-state index in [1.807, 2.05) is 0 Å². The van der Waals surface area contributed by atoms with E-state index in [1.165, 1.54) is 29.2 Å². The van der Waals surface area contributed by atoms with Gasteiger partial charge in [-0.3, -0.25) is 14.5 Å². The number of ketones is 1. The fraction of sp³-hybridized carbons (Fsp3) is 0.0417. The number of aliphatic hydroxyl groups is 1. The number of hydrogen-bond donors (Lipinski definition) is 2. The third kappa shape index (κ3) is 3.69. The van der Waals surface area contributed by atoms with E-state index in [0.29, 0.717) is 21.8 Å². The Morgan fingerprint density at radius 1 is 0.806 bits per heavy atom. The van der Waals surface area contributed by atoms with Crippen LogP contribution in [-0.4, -0.2) is 27.9 Å². The molecule has 3 aromatic rings. The number of benzene rings is 3. The van der Waals surface area contributed by atoms with Crippen LogP contribution in [0.1, 0.15) is 27.5 Å². The molecule has 1 fully saturated rings. The molecule has 1 heterocycles. The number of rotatable bonds is 4. The highest BCUT2D eigenvalue weighted by Gasteiger charge is 2.46. The second-order valence-corrected chi connectivity index (χ2v) is 7.38. The van der Waals surface area contributed by atoms with E-state index >= 15 is 0 Å². The van der Waals surface area contributed by atoms with Crippen molar-refractivity contribution in [3.8, 4) is 0 Å². The molecule has 3 aromatic carbocycles. The molecule has 31 heavy (non-hydrogen) atoms. The van der Waals surface area contributed by atoms with Crippen LogP contribution in [0.25, 0.3) is 5.76 Å². The highest BCUT2D eigenvalue weighted by molar-refractivity contribution is 6.51. The van der Waals surface area contributed by atoms with Crippen LogP contribution >= 0.6 is 11.6 Å². The number of amides is 1. The van der Waals surface area contributed by atoms with Gasteiger partial charge in [-0.15, -0.1) is 0 Å². The average molecular weight is 434 g/mol. The Bertz CT molecular complexity index is 1200. The summed E-state index contributed by atoms with van der Waals surface area (Å²) in [4.78, 5) is 38.4. The topological polar surface area (TPSA) is 94.9 Å². The highest BCUT2D eigenvalue weighted by Crippen LogP contribution is 2.42. The summed E-state index contributed by atoms with van der Waals surface area (Å²) in [5.74, 6) is -3.04. The zero-order valence-electron chi connectivity index (χ0n) is 16.0. The van der Waals surface area contributed by atoms with Gasteiger partial charge in [0.25, 0.3) is 11.7 Å². The molecule has 1 atom stereocenters. The van der Waals surface area contributed by atoms with Gasteiger partial charge in [0.2, 0.25) is 0 Å². The minimum absolute atomic E-state index is 0.0488. The minimum atomic E-state index is -1.10. The third-order valence-corrected chi connectivity index (χ3v) is 5.32. The summed E-state index contributed by atoms with van der Waals surface area (Å²) in [6.45, 7) is 0. The fourth-order valence-electron chi connectivity index (χ4n) is 3.58. The Morgan fingerprint density at radius 2 is 1.42 bits per heavy atom. The first-order chi connectivity index (χ1) is 14.9. The SMILES string of the molecule is O=C1C(=O)N(c2ccc(C(=O)O)cc2)C(c2ccc(Cl)cc2)/C1=C(/O)c1ccccc1. The van der Waals surface area contributed by atoms with Crippen molar-refractivity contribution in [2.24, 2.45) is 0 Å². The van der Waals surface area contributed by atoms with E-state index in [9.17, 15) is 19.5 Å². The lowest BCUT2D eigenvalue weighted by Gasteiger charge is -2.25. The van der Waals surface area contributed by atoms with Crippen LogP contribution in [0, 0.1) is 0 Å². The molecular formula is C24H16ClNO5. The molecule has 1 aliphatic heterocycles. The molecule has 4 rings (SSSR count). The molecule has 0 saturated carbocycles. The van der Waals surface area contributed by atoms with E-state index in [4.69, 9.17) is 16.7 Å². The number of hydrogen-bond acceptors (Lipinski definition) is 4. The second-order valence-electron chi connectivity index (χ2n) is 6.94. The van der Waals surface area contributed by atoms with Gasteiger partial charge in [0.1, 0.15) is 5.76 Å². The van der Waals surface area contributed by atoms with Gasteiger partial charge in [-0.05, 0) is 42.0 Å². The smallest absolute Gasteiger partial charge is 0.335 e. The summed E-state index contributed by atoms with van der Waals surface area (Å²) in [6, 6.07) is 19.8. The van der Waals surface area contributed by atoms with Crippen molar-refractivity contribution in [2.45, 2.75) is 6.04 Å². The van der Waals surface area contributed by atoms with Gasteiger partial charge < -0.3 is 10.2 Å². The van der Waals surface area contributed by atoms with Gasteiger partial charge in [-0.1, -0.05) is 54.1 Å². The number of nitrogens with zero attached hydrogens (tertiary/aromatic N) is 1. The Morgan fingerprint density at radius 3 is 2.00 bits per heavy atom. The van der Waals surface area contributed by atoms with Crippen LogP contribution in [0.15, 0.2) is 84.4 Å². The third-order valence-electron chi connectivity index (χ3n) is 5.07. The maximum Gasteiger partial charge on any atom is 0.335 e. The predicted molar refractivity (Wildman–Crippen MR) is 116 cm³/mol. The largest absolute Gasteiger partial charge is 0.507 e. The van der Waals surface area contributed by atoms with Crippen molar-refractivity contribution in [1.82, 2.24) is 0 Å². The molecule has 0 aliphatic carbocycles. The molecule has 6 nitrogen and oxygen atoms in total. The summed E-state index contributed by atoms with van der Waals surface area (Å²) in [5.41, 5.74) is 1.30. The van der Waals surface area contributed by atoms with Gasteiger partial charge in [0.05, 0.1) is 17.2 Å². The molecule has 7 heteroatoms. The number of carbonyl (C=O) groups is 3. The quantitative estimate of drug-likeness (QED) is 0.354. The zero-order chi connectivity index (χ0) is 22.1. The van der Waals surface area contributed by atoms with Crippen molar-refractivity contribution in [3.63, 3.8) is 0 Å². The van der Waals surface area contributed by atoms with Crippen molar-refractivity contribution in [1.29, 1.82) is 0 Å². The van der Waals surface area contributed by atoms with E-state index in [1.54, 1.807) is 54.6 Å². The standard InChI is InChI=1S/C24H16ClNO5/c25-17-10-6-14(7-11-17)20-19(21(27)15-4-2-1-3-5-15)22(28)23(29)26(20)18-12-8-16(9-13-18)24(30)31/h1-13,20,27H,(H,30,31)/b21-19-. The number of anilines is 1. The van der Waals surface area contributed by atoms with Gasteiger partial charge in [-0.2, -0.15) is 0 Å². The summed E-state index contributed by atoms with van der Waals surface area (Å²) in [5, 5.41) is 20.6. The number of halogens is 1. The van der Waals surface area contributed by atoms with E-state index in [2.05, 4.69) is 0 Å². The first-order valence-electron chi connectivity index (χ1n) is 9.33. The van der Waals surface area contributed by atoms with Crippen LogP contribution in [0.3, 0.4) is 0 Å². The Kier molecular flexibility index (Phi) is 5.31. The normalized spacial score (nSPS) is 17.7. The Hall–Kier alpha value is -3.90. The summed E-state index contributed by atoms with van der Waals surface area (Å²) < 4.78 is 0. The van der Waals surface area contributed by atoms with E-state index < -0.39 is 23.7 Å². The number of carboxylic acids is 1. The minimum Gasteiger partial charge on any atom is -0.507 e. The molecular weight excluding hydrogens is 418 g/mol. The predicted octanol–water partition coefficient (Wildman–Crippen LogP) is 4.66. The molecule has 2 N–H and O–H groups in total. The van der Waals surface area contributed by atoms with Crippen LogP contribution in [0.5, 0.6) is 0 Å². The zero-order valence-corrected chi connectivity index (χ0v) is 16.8. The number of aromatic carboxylic acids is 1. The van der Waals surface area contributed by atoms with Gasteiger partial charge in [0.15, 0.2) is 0 Å². The fourth-order valence-corrected chi connectivity index (χ4v) is 3.70. The van der Waals surface area contributed by atoms with Crippen molar-refractivity contribution in [2.75, 3.05) is 4.90 Å². The highest BCUT2D eigenvalue weighted by atomic mass is 35.5. The lowest BCUT2D eigenvalue weighted by molar-refractivity contribution is -0.132. The van der Waals surface area contributed by atoms with E-state index in [-0.39, 0.29) is 16.9 Å². The first kappa shape index (κ1) is 20.4. The number of Topliss-reactive ketones (excluding diaryl/α,β-unsaturated/α-hetero) is 1. The molecule has 154 valence electrons. The molecule has 1 saturated heterocycles. The van der Waals surface area contributed by atoms with Gasteiger partial charge in [-0.25, -0.2) is 4.79 Å². The molecule has 0 bridgehead atoms. The average Bonchev–Trinajstić information content (AvgIpc) is 3.05. The number of carboxylic acid groups (broad SMARTS) is 1. The summed E-state index contributed by atoms with van der Waals surface area (Å²) in [7, 11) is 0. The van der Waals surface area contributed by atoms with Crippen LogP contribution in [0.4, 0.5) is 5.69 Å². The van der Waals surface area contributed by atoms with Crippen molar-refractivity contribution >= 4 is 40.7 Å². The number of carbonyl (C=O) groups excluding carboxylic acids is 2. The van der Waals surface area contributed by atoms with Crippen molar-refractivity contribution < 1.29 is 24.6 Å².